The highest BCUT2D eigenvalue weighted by Crippen LogP contribution is 2.19. The summed E-state index contributed by atoms with van der Waals surface area (Å²) in [5.74, 6) is 1.01. The Morgan fingerprint density at radius 3 is 2.50 bits per heavy atom. The first-order valence-electron chi connectivity index (χ1n) is 7.23. The van der Waals surface area contributed by atoms with E-state index in [1.165, 1.54) is 0 Å². The van der Waals surface area contributed by atoms with Gasteiger partial charge in [-0.25, -0.2) is 8.42 Å². The minimum atomic E-state index is -3.63. The Morgan fingerprint density at radius 2 is 1.86 bits per heavy atom. The number of benzene rings is 1. The third kappa shape index (κ3) is 3.19. The number of aromatic nitrogens is 2. The molecule has 1 aliphatic rings. The molecule has 1 aliphatic heterocycles. The summed E-state index contributed by atoms with van der Waals surface area (Å²) >= 11 is 0. The van der Waals surface area contributed by atoms with Gasteiger partial charge in [0.15, 0.2) is 11.6 Å². The smallest absolute Gasteiger partial charge is 0.263 e. The fourth-order valence-electron chi connectivity index (χ4n) is 2.47. The summed E-state index contributed by atoms with van der Waals surface area (Å²) < 4.78 is 27.1. The van der Waals surface area contributed by atoms with Crippen molar-refractivity contribution in [1.82, 2.24) is 10.2 Å². The maximum atomic E-state index is 12.3. The van der Waals surface area contributed by atoms with Crippen LogP contribution in [0.4, 0.5) is 11.6 Å². The highest BCUT2D eigenvalue weighted by Gasteiger charge is 2.17. The molecule has 0 aliphatic carbocycles. The van der Waals surface area contributed by atoms with Gasteiger partial charge in [-0.3, -0.25) is 4.72 Å². The van der Waals surface area contributed by atoms with E-state index in [0.29, 0.717) is 0 Å². The van der Waals surface area contributed by atoms with E-state index in [2.05, 4.69) is 19.8 Å². The minimum absolute atomic E-state index is 0.220. The molecule has 0 radical (unpaired) electrons. The van der Waals surface area contributed by atoms with Gasteiger partial charge < -0.3 is 4.90 Å². The van der Waals surface area contributed by atoms with Gasteiger partial charge in [0.1, 0.15) is 0 Å². The number of aryl methyl sites for hydroxylation is 1. The summed E-state index contributed by atoms with van der Waals surface area (Å²) in [4.78, 5) is 2.36. The highest BCUT2D eigenvalue weighted by atomic mass is 32.2. The number of nitrogens with zero attached hydrogens (tertiary/aromatic N) is 3. The molecule has 2 aromatic rings. The van der Waals surface area contributed by atoms with Crippen LogP contribution in [0.3, 0.4) is 0 Å². The van der Waals surface area contributed by atoms with Crippen LogP contribution in [0.15, 0.2) is 41.3 Å². The van der Waals surface area contributed by atoms with Gasteiger partial charge in [0.25, 0.3) is 10.0 Å². The zero-order valence-corrected chi connectivity index (χ0v) is 13.2. The van der Waals surface area contributed by atoms with E-state index >= 15 is 0 Å². The standard InChI is InChI=1S/C15H18N4O2S/c1-12-5-4-6-13(11-12)22(20,21)18-14-7-8-15(17-16-14)19-9-2-3-10-19/h4-8,11H,2-3,9-10H2,1H3,(H,16,18). The second-order valence-corrected chi connectivity index (χ2v) is 7.08. The summed E-state index contributed by atoms with van der Waals surface area (Å²) in [6.07, 6.45) is 2.31. The van der Waals surface area contributed by atoms with Crippen LogP contribution < -0.4 is 9.62 Å². The van der Waals surface area contributed by atoms with E-state index < -0.39 is 10.0 Å². The predicted molar refractivity (Wildman–Crippen MR) is 85.5 cm³/mol. The van der Waals surface area contributed by atoms with E-state index in [1.807, 2.05) is 13.0 Å². The SMILES string of the molecule is Cc1cccc(S(=O)(=O)Nc2ccc(N3CCCC3)nn2)c1. The molecule has 0 bridgehead atoms. The van der Waals surface area contributed by atoms with E-state index in [0.717, 1.165) is 37.3 Å². The molecule has 0 atom stereocenters. The third-order valence-corrected chi connectivity index (χ3v) is 4.97. The van der Waals surface area contributed by atoms with Gasteiger partial charge in [-0.1, -0.05) is 12.1 Å². The first kappa shape index (κ1) is 14.8. The Balaban J connectivity index is 1.77. The zero-order valence-electron chi connectivity index (χ0n) is 12.4. The van der Waals surface area contributed by atoms with Gasteiger partial charge in [0.05, 0.1) is 4.90 Å². The molecule has 2 heterocycles. The van der Waals surface area contributed by atoms with Gasteiger partial charge in [-0.05, 0) is 49.6 Å². The van der Waals surface area contributed by atoms with E-state index in [9.17, 15) is 8.42 Å². The van der Waals surface area contributed by atoms with Crippen LogP contribution in [0, 0.1) is 6.92 Å². The van der Waals surface area contributed by atoms with Gasteiger partial charge in [-0.15, -0.1) is 10.2 Å². The van der Waals surface area contributed by atoms with Gasteiger partial charge >= 0.3 is 0 Å². The fourth-order valence-corrected chi connectivity index (χ4v) is 3.57. The van der Waals surface area contributed by atoms with Gasteiger partial charge in [-0.2, -0.15) is 0 Å². The Kier molecular flexibility index (Phi) is 3.98. The van der Waals surface area contributed by atoms with Crippen LogP contribution in [0.5, 0.6) is 0 Å². The van der Waals surface area contributed by atoms with Gasteiger partial charge in [0.2, 0.25) is 0 Å². The summed E-state index contributed by atoms with van der Waals surface area (Å²) in [7, 11) is -3.63. The Labute approximate surface area is 130 Å². The highest BCUT2D eigenvalue weighted by molar-refractivity contribution is 7.92. The number of sulfonamides is 1. The molecule has 0 amide bonds. The van der Waals surface area contributed by atoms with Crippen molar-refractivity contribution in [3.63, 3.8) is 0 Å². The first-order chi connectivity index (χ1) is 10.5. The van der Waals surface area contributed by atoms with Crippen molar-refractivity contribution in [3.8, 4) is 0 Å². The van der Waals surface area contributed by atoms with Crippen LogP contribution in [0.2, 0.25) is 0 Å². The summed E-state index contributed by atoms with van der Waals surface area (Å²) in [6.45, 7) is 3.80. The normalized spacial score (nSPS) is 15.0. The largest absolute Gasteiger partial charge is 0.355 e. The van der Waals surface area contributed by atoms with Crippen molar-refractivity contribution in [2.24, 2.45) is 0 Å². The molecule has 3 rings (SSSR count). The molecule has 116 valence electrons. The summed E-state index contributed by atoms with van der Waals surface area (Å²) in [5.41, 5.74) is 0.887. The number of hydrogen-bond donors (Lipinski definition) is 1. The van der Waals surface area contributed by atoms with Crippen molar-refractivity contribution < 1.29 is 8.42 Å². The predicted octanol–water partition coefficient (Wildman–Crippen LogP) is 2.19. The fraction of sp³-hybridized carbons (Fsp3) is 0.333. The van der Waals surface area contributed by atoms with E-state index in [1.54, 1.807) is 30.3 Å². The van der Waals surface area contributed by atoms with Crippen LogP contribution in [-0.4, -0.2) is 31.7 Å². The molecule has 7 heteroatoms. The lowest BCUT2D eigenvalue weighted by Crippen LogP contribution is -2.20. The van der Waals surface area contributed by atoms with Crippen LogP contribution in [-0.2, 0) is 10.0 Å². The number of anilines is 2. The number of nitrogens with one attached hydrogen (secondary N) is 1. The zero-order chi connectivity index (χ0) is 15.6. The lowest BCUT2D eigenvalue weighted by molar-refractivity contribution is 0.601. The molecule has 0 saturated carbocycles. The molecule has 1 aromatic heterocycles. The second-order valence-electron chi connectivity index (χ2n) is 5.39. The van der Waals surface area contributed by atoms with Crippen LogP contribution in [0.25, 0.3) is 0 Å². The Bertz CT molecular complexity index is 753. The molecule has 1 aromatic carbocycles. The average molecular weight is 318 g/mol. The molecule has 0 unspecified atom stereocenters. The van der Waals surface area contributed by atoms with E-state index in [4.69, 9.17) is 0 Å². The lowest BCUT2D eigenvalue weighted by Gasteiger charge is -2.15. The molecule has 1 fully saturated rings. The molecule has 6 nitrogen and oxygen atoms in total. The maximum absolute atomic E-state index is 12.3. The Hall–Kier alpha value is -2.15. The summed E-state index contributed by atoms with van der Waals surface area (Å²) in [6, 6.07) is 10.2. The summed E-state index contributed by atoms with van der Waals surface area (Å²) in [5, 5.41) is 8.08. The van der Waals surface area contributed by atoms with Crippen molar-refractivity contribution in [1.29, 1.82) is 0 Å². The van der Waals surface area contributed by atoms with Crippen molar-refractivity contribution in [3.05, 3.63) is 42.0 Å². The van der Waals surface area contributed by atoms with Crippen molar-refractivity contribution in [2.75, 3.05) is 22.7 Å². The topological polar surface area (TPSA) is 75.2 Å². The molecule has 22 heavy (non-hydrogen) atoms. The maximum Gasteiger partial charge on any atom is 0.263 e. The minimum Gasteiger partial charge on any atom is -0.355 e. The van der Waals surface area contributed by atoms with Crippen LogP contribution in [0.1, 0.15) is 18.4 Å². The molecular formula is C15H18N4O2S. The molecule has 1 N–H and O–H groups in total. The Morgan fingerprint density at radius 1 is 1.09 bits per heavy atom. The van der Waals surface area contributed by atoms with Crippen molar-refractivity contribution >= 4 is 21.7 Å². The van der Waals surface area contributed by atoms with Gasteiger partial charge in [0, 0.05) is 13.1 Å². The molecule has 1 saturated heterocycles. The second kappa shape index (κ2) is 5.92. The van der Waals surface area contributed by atoms with Crippen molar-refractivity contribution in [2.45, 2.75) is 24.7 Å². The quantitative estimate of drug-likeness (QED) is 0.935. The monoisotopic (exact) mass is 318 g/mol. The average Bonchev–Trinajstić information content (AvgIpc) is 3.02. The molecular weight excluding hydrogens is 300 g/mol. The molecule has 0 spiro atoms. The third-order valence-electron chi connectivity index (χ3n) is 3.62. The van der Waals surface area contributed by atoms with Crippen LogP contribution >= 0.6 is 0 Å². The lowest BCUT2D eigenvalue weighted by atomic mass is 10.2. The number of rotatable bonds is 4. The first-order valence-corrected chi connectivity index (χ1v) is 8.71. The van der Waals surface area contributed by atoms with E-state index in [-0.39, 0.29) is 10.7 Å². The number of hydrogen-bond acceptors (Lipinski definition) is 5.